The zero-order chi connectivity index (χ0) is 16.5. The first-order valence-corrected chi connectivity index (χ1v) is 8.29. The minimum atomic E-state index is -3.00. The molecule has 0 unspecified atom stereocenters. The van der Waals surface area contributed by atoms with Crippen molar-refractivity contribution < 1.29 is 8.42 Å². The van der Waals surface area contributed by atoms with E-state index in [0.717, 1.165) is 0 Å². The Labute approximate surface area is 127 Å². The second-order valence-corrected chi connectivity index (χ2v) is 7.01. The number of nitrogens with zero attached hydrogens (tertiary/aromatic N) is 4. The van der Waals surface area contributed by atoms with Crippen molar-refractivity contribution in [3.05, 3.63) is 36.2 Å². The maximum absolute atomic E-state index is 11.1. The molecule has 7 heteroatoms. The fourth-order valence-corrected chi connectivity index (χ4v) is 1.80. The highest BCUT2D eigenvalue weighted by molar-refractivity contribution is 7.90. The molecule has 0 amide bonds. The van der Waals surface area contributed by atoms with Crippen LogP contribution in [0.15, 0.2) is 41.2 Å². The molecular weight excluding hydrogens is 288 g/mol. The lowest BCUT2D eigenvalue weighted by molar-refractivity contribution is 0.480. The third kappa shape index (κ3) is 9.46. The van der Waals surface area contributed by atoms with E-state index in [0.29, 0.717) is 17.8 Å². The minimum absolute atomic E-state index is 0.0620. The topological polar surface area (TPSA) is 76.8 Å². The molecule has 0 aromatic heterocycles. The fourth-order valence-electron chi connectivity index (χ4n) is 1.18. The molecule has 0 atom stereocenters. The molecule has 0 aromatic rings. The fraction of sp³-hybridized carbons (Fsp3) is 0.429. The van der Waals surface area contributed by atoms with Crippen molar-refractivity contribution >= 4 is 16.2 Å². The van der Waals surface area contributed by atoms with Gasteiger partial charge in [-0.1, -0.05) is 6.58 Å². The van der Waals surface area contributed by atoms with Crippen molar-refractivity contribution in [2.24, 2.45) is 4.99 Å². The van der Waals surface area contributed by atoms with E-state index in [9.17, 15) is 8.42 Å². The molecule has 0 radical (unpaired) electrons. The van der Waals surface area contributed by atoms with Crippen LogP contribution in [0.3, 0.4) is 0 Å². The molecule has 0 N–H and O–H groups in total. The average molecular weight is 310 g/mol. The first kappa shape index (κ1) is 18.9. The van der Waals surface area contributed by atoms with Gasteiger partial charge in [0.2, 0.25) is 0 Å². The quantitative estimate of drug-likeness (QED) is 0.290. The molecule has 0 spiro atoms. The summed E-state index contributed by atoms with van der Waals surface area (Å²) in [7, 11) is 2.39. The number of hydrogen-bond donors (Lipinski definition) is 0. The summed E-state index contributed by atoms with van der Waals surface area (Å²) in [5.41, 5.74) is 0.813. The summed E-state index contributed by atoms with van der Waals surface area (Å²) < 4.78 is 22.2. The maximum atomic E-state index is 11.1. The SMILES string of the molecule is C=C/C(N=CN(C)C)=C(C#N)\C=C\N(C)CCS(C)(=O)=O. The van der Waals surface area contributed by atoms with Gasteiger partial charge in [-0.3, -0.25) is 0 Å². The standard InChI is InChI=1S/C14H22N4O2S/c1-6-14(16-12-17(2)3)13(11-15)7-8-18(4)9-10-21(5,19)20/h6-8,12H,1,9-10H2,2-5H3/b8-7+,14-13-,16-12?. The molecule has 0 saturated carbocycles. The number of nitriles is 1. The van der Waals surface area contributed by atoms with E-state index in [4.69, 9.17) is 5.26 Å². The lowest BCUT2D eigenvalue weighted by atomic mass is 10.2. The summed E-state index contributed by atoms with van der Waals surface area (Å²) >= 11 is 0. The Kier molecular flexibility index (Phi) is 8.09. The molecule has 0 aliphatic rings. The number of rotatable bonds is 8. The molecule has 0 bridgehead atoms. The van der Waals surface area contributed by atoms with Gasteiger partial charge in [-0.15, -0.1) is 0 Å². The Hall–Kier alpha value is -2.07. The van der Waals surface area contributed by atoms with Crippen LogP contribution < -0.4 is 0 Å². The Balaban J connectivity index is 5.00. The third-order valence-electron chi connectivity index (χ3n) is 2.33. The number of aliphatic imine (C=N–C) groups is 1. The van der Waals surface area contributed by atoms with Crippen LogP contribution in [-0.2, 0) is 9.84 Å². The molecule has 21 heavy (non-hydrogen) atoms. The van der Waals surface area contributed by atoms with E-state index in [1.807, 2.05) is 20.2 Å². The molecule has 6 nitrogen and oxygen atoms in total. The third-order valence-corrected chi connectivity index (χ3v) is 3.25. The normalized spacial score (nSPS) is 13.1. The van der Waals surface area contributed by atoms with Crippen LogP contribution in [0.4, 0.5) is 0 Å². The molecule has 116 valence electrons. The van der Waals surface area contributed by atoms with Crippen LogP contribution in [-0.4, -0.2) is 64.3 Å². The van der Waals surface area contributed by atoms with Crippen LogP contribution >= 0.6 is 0 Å². The largest absolute Gasteiger partial charge is 0.379 e. The second-order valence-electron chi connectivity index (χ2n) is 4.75. The molecule has 0 aromatic carbocycles. The lowest BCUT2D eigenvalue weighted by Crippen LogP contribution is -2.20. The van der Waals surface area contributed by atoms with Crippen molar-refractivity contribution in [1.82, 2.24) is 9.80 Å². The van der Waals surface area contributed by atoms with E-state index in [2.05, 4.69) is 11.6 Å². The molecule has 0 aliphatic carbocycles. The van der Waals surface area contributed by atoms with Crippen LogP contribution in [0.25, 0.3) is 0 Å². The molecule has 0 heterocycles. The Bertz CT molecular complexity index is 581. The predicted octanol–water partition coefficient (Wildman–Crippen LogP) is 1.03. The summed E-state index contributed by atoms with van der Waals surface area (Å²) in [5, 5.41) is 9.16. The molecule has 0 aliphatic heterocycles. The van der Waals surface area contributed by atoms with Gasteiger partial charge < -0.3 is 9.80 Å². The number of allylic oxidation sites excluding steroid dienone is 3. The Morgan fingerprint density at radius 2 is 2.00 bits per heavy atom. The maximum Gasteiger partial charge on any atom is 0.149 e. The van der Waals surface area contributed by atoms with Crippen LogP contribution in [0.5, 0.6) is 0 Å². The van der Waals surface area contributed by atoms with Gasteiger partial charge in [0.1, 0.15) is 15.9 Å². The molecule has 0 saturated heterocycles. The van der Waals surface area contributed by atoms with Gasteiger partial charge in [-0.25, -0.2) is 13.4 Å². The van der Waals surface area contributed by atoms with E-state index in [-0.39, 0.29) is 5.75 Å². The smallest absolute Gasteiger partial charge is 0.149 e. The highest BCUT2D eigenvalue weighted by atomic mass is 32.2. The predicted molar refractivity (Wildman–Crippen MR) is 86.5 cm³/mol. The van der Waals surface area contributed by atoms with Crippen LogP contribution in [0.1, 0.15) is 0 Å². The first-order valence-electron chi connectivity index (χ1n) is 6.23. The van der Waals surface area contributed by atoms with Gasteiger partial charge in [-0.05, 0) is 12.2 Å². The van der Waals surface area contributed by atoms with E-state index in [1.54, 1.807) is 35.5 Å². The highest BCUT2D eigenvalue weighted by Gasteiger charge is 2.03. The lowest BCUT2D eigenvalue weighted by Gasteiger charge is -2.12. The zero-order valence-electron chi connectivity index (χ0n) is 12.9. The van der Waals surface area contributed by atoms with Gasteiger partial charge in [0, 0.05) is 40.1 Å². The van der Waals surface area contributed by atoms with Gasteiger partial charge in [0.15, 0.2) is 0 Å². The van der Waals surface area contributed by atoms with Gasteiger partial charge in [0.05, 0.1) is 23.4 Å². The van der Waals surface area contributed by atoms with E-state index in [1.165, 1.54) is 12.3 Å². The van der Waals surface area contributed by atoms with Crippen molar-refractivity contribution in [2.45, 2.75) is 0 Å². The van der Waals surface area contributed by atoms with Crippen molar-refractivity contribution in [3.8, 4) is 6.07 Å². The molecule has 0 fully saturated rings. The highest BCUT2D eigenvalue weighted by Crippen LogP contribution is 2.08. The van der Waals surface area contributed by atoms with Crippen molar-refractivity contribution in [1.29, 1.82) is 5.26 Å². The molecular formula is C14H22N4O2S. The minimum Gasteiger partial charge on any atom is -0.379 e. The monoisotopic (exact) mass is 310 g/mol. The van der Waals surface area contributed by atoms with E-state index < -0.39 is 9.84 Å². The van der Waals surface area contributed by atoms with Gasteiger partial charge in [0.25, 0.3) is 0 Å². The van der Waals surface area contributed by atoms with Crippen LogP contribution in [0, 0.1) is 11.3 Å². The molecule has 0 rings (SSSR count). The van der Waals surface area contributed by atoms with Crippen molar-refractivity contribution in [2.75, 3.05) is 39.7 Å². The van der Waals surface area contributed by atoms with Gasteiger partial charge in [-0.2, -0.15) is 5.26 Å². The first-order chi connectivity index (χ1) is 9.69. The average Bonchev–Trinajstić information content (AvgIpc) is 2.39. The summed E-state index contributed by atoms with van der Waals surface area (Å²) in [6, 6.07) is 2.05. The summed E-state index contributed by atoms with van der Waals surface area (Å²) in [6.07, 6.45) is 7.51. The zero-order valence-corrected chi connectivity index (χ0v) is 13.8. The summed E-state index contributed by atoms with van der Waals surface area (Å²) in [5.74, 6) is 0.0620. The Morgan fingerprint density at radius 3 is 2.43 bits per heavy atom. The number of sulfone groups is 1. The van der Waals surface area contributed by atoms with Gasteiger partial charge >= 0.3 is 0 Å². The second kappa shape index (κ2) is 8.97. The summed E-state index contributed by atoms with van der Waals surface area (Å²) in [4.78, 5) is 7.60. The van der Waals surface area contributed by atoms with E-state index >= 15 is 0 Å². The Morgan fingerprint density at radius 1 is 1.38 bits per heavy atom. The van der Waals surface area contributed by atoms with Crippen molar-refractivity contribution in [3.63, 3.8) is 0 Å². The number of hydrogen-bond acceptors (Lipinski definition) is 5. The summed E-state index contributed by atoms with van der Waals surface area (Å²) in [6.45, 7) is 4.00. The van der Waals surface area contributed by atoms with Crippen LogP contribution in [0.2, 0.25) is 0 Å².